The number of carbonyl (C=O) groups is 2. The van der Waals surface area contributed by atoms with Crippen LogP contribution in [0.15, 0.2) is 71.5 Å². The van der Waals surface area contributed by atoms with Crippen LogP contribution in [-0.2, 0) is 6.54 Å². The van der Waals surface area contributed by atoms with Crippen LogP contribution in [0.25, 0.3) is 22.6 Å². The monoisotopic (exact) mass is 481 g/mol. The number of carboxylic acid groups (broad SMARTS) is 1. The first-order valence-electron chi connectivity index (χ1n) is 11.6. The van der Waals surface area contributed by atoms with Crippen LogP contribution in [0.3, 0.4) is 0 Å². The van der Waals surface area contributed by atoms with Gasteiger partial charge < -0.3 is 15.2 Å². The molecule has 0 radical (unpaired) electrons. The summed E-state index contributed by atoms with van der Waals surface area (Å²) in [6.07, 6.45) is 2.70. The topological polar surface area (TPSA) is 111 Å². The molecule has 0 atom stereocenters. The lowest BCUT2D eigenvalue weighted by atomic mass is 10.1. The fraction of sp³-hybridized carbons (Fsp3) is 0.143. The predicted octanol–water partition coefficient (Wildman–Crippen LogP) is 4.69. The van der Waals surface area contributed by atoms with E-state index in [0.29, 0.717) is 42.0 Å². The molecule has 2 heterocycles. The van der Waals surface area contributed by atoms with Crippen LogP contribution >= 0.6 is 0 Å². The Morgan fingerprint density at radius 3 is 2.56 bits per heavy atom. The fourth-order valence-electron chi connectivity index (χ4n) is 4.33. The lowest BCUT2D eigenvalue weighted by Crippen LogP contribution is -2.21. The fourth-order valence-corrected chi connectivity index (χ4v) is 4.33. The summed E-state index contributed by atoms with van der Waals surface area (Å²) in [6, 6.07) is 18.6. The molecule has 0 unspecified atom stereocenters. The standard InChI is InChI=1S/C28H23N3O5/c1-2-36-20-10-7-17(8-11-20)15-18-13-14-31-25(18)30-24-16-19(9-12-23(24)27(31)33)29-26(32)21-5-3-4-6-22(21)28(34)35/h3-12,15-16H,2,13-14H2,1H3,(H,29,32)(H,34,35). The number of benzene rings is 3. The van der Waals surface area contributed by atoms with E-state index < -0.39 is 11.9 Å². The zero-order valence-corrected chi connectivity index (χ0v) is 19.5. The first-order chi connectivity index (χ1) is 17.4. The van der Waals surface area contributed by atoms with Gasteiger partial charge in [-0.15, -0.1) is 0 Å². The molecule has 0 bridgehead atoms. The number of amides is 1. The van der Waals surface area contributed by atoms with Gasteiger partial charge in [0.2, 0.25) is 0 Å². The van der Waals surface area contributed by atoms with Gasteiger partial charge in [0.1, 0.15) is 11.6 Å². The Kier molecular flexibility index (Phi) is 6.08. The SMILES string of the molecule is CCOc1ccc(C=C2CCn3c2nc2cc(NC(=O)c4ccccc4C(=O)O)ccc2c3=O)cc1. The summed E-state index contributed by atoms with van der Waals surface area (Å²) in [5.74, 6) is -0.342. The van der Waals surface area contributed by atoms with Gasteiger partial charge in [0.05, 0.1) is 28.6 Å². The first-order valence-corrected chi connectivity index (χ1v) is 11.6. The maximum absolute atomic E-state index is 13.1. The largest absolute Gasteiger partial charge is 0.494 e. The third-order valence-corrected chi connectivity index (χ3v) is 6.04. The summed E-state index contributed by atoms with van der Waals surface area (Å²) in [7, 11) is 0. The van der Waals surface area contributed by atoms with Crippen molar-refractivity contribution in [3.8, 4) is 5.75 Å². The Morgan fingerprint density at radius 1 is 1.08 bits per heavy atom. The van der Waals surface area contributed by atoms with Gasteiger partial charge in [0.25, 0.3) is 11.5 Å². The van der Waals surface area contributed by atoms with Crippen LogP contribution in [0.2, 0.25) is 0 Å². The predicted molar refractivity (Wildman–Crippen MR) is 137 cm³/mol. The van der Waals surface area contributed by atoms with E-state index in [1.807, 2.05) is 37.3 Å². The number of carboxylic acids is 1. The molecular weight excluding hydrogens is 458 g/mol. The number of rotatable bonds is 6. The smallest absolute Gasteiger partial charge is 0.336 e. The highest BCUT2D eigenvalue weighted by atomic mass is 16.5. The van der Waals surface area contributed by atoms with Crippen molar-refractivity contribution in [3.63, 3.8) is 0 Å². The van der Waals surface area contributed by atoms with Gasteiger partial charge in [-0.1, -0.05) is 24.3 Å². The van der Waals surface area contributed by atoms with E-state index in [9.17, 15) is 19.5 Å². The lowest BCUT2D eigenvalue weighted by molar-refractivity contribution is 0.0692. The molecule has 1 aromatic heterocycles. The highest BCUT2D eigenvalue weighted by molar-refractivity contribution is 6.11. The first kappa shape index (κ1) is 23.0. The van der Waals surface area contributed by atoms with Crippen LogP contribution < -0.4 is 15.6 Å². The number of anilines is 1. The van der Waals surface area contributed by atoms with Gasteiger partial charge >= 0.3 is 5.97 Å². The minimum Gasteiger partial charge on any atom is -0.494 e. The number of carbonyl (C=O) groups excluding carboxylic acids is 1. The molecule has 0 aliphatic carbocycles. The number of fused-ring (bicyclic) bond motifs is 2. The average Bonchev–Trinajstić information content (AvgIpc) is 3.28. The van der Waals surface area contributed by atoms with Crippen molar-refractivity contribution in [2.24, 2.45) is 0 Å². The van der Waals surface area contributed by atoms with Crippen molar-refractivity contribution in [3.05, 3.63) is 99.6 Å². The molecule has 5 rings (SSSR count). The second kappa shape index (κ2) is 9.50. The van der Waals surface area contributed by atoms with Crippen molar-refractivity contribution in [2.75, 3.05) is 11.9 Å². The maximum atomic E-state index is 13.1. The number of aromatic carboxylic acids is 1. The molecule has 1 amide bonds. The molecule has 8 nitrogen and oxygen atoms in total. The molecule has 2 N–H and O–H groups in total. The van der Waals surface area contributed by atoms with E-state index in [4.69, 9.17) is 9.72 Å². The number of allylic oxidation sites excluding steroid dienone is 1. The number of aromatic nitrogens is 2. The zero-order chi connectivity index (χ0) is 25.2. The van der Waals surface area contributed by atoms with Crippen molar-refractivity contribution < 1.29 is 19.4 Å². The molecule has 180 valence electrons. The van der Waals surface area contributed by atoms with Crippen molar-refractivity contribution in [1.82, 2.24) is 9.55 Å². The second-order valence-corrected chi connectivity index (χ2v) is 8.35. The van der Waals surface area contributed by atoms with Crippen molar-refractivity contribution >= 4 is 40.1 Å². The molecule has 1 aliphatic rings. The van der Waals surface area contributed by atoms with Gasteiger partial charge in [0.15, 0.2) is 0 Å². The van der Waals surface area contributed by atoms with E-state index in [-0.39, 0.29) is 16.7 Å². The van der Waals surface area contributed by atoms with Crippen molar-refractivity contribution in [1.29, 1.82) is 0 Å². The molecule has 0 spiro atoms. The minimum absolute atomic E-state index is 0.0488. The summed E-state index contributed by atoms with van der Waals surface area (Å²) >= 11 is 0. The van der Waals surface area contributed by atoms with Crippen LogP contribution in [-0.4, -0.2) is 33.1 Å². The Hall–Kier alpha value is -4.72. The van der Waals surface area contributed by atoms with E-state index in [0.717, 1.165) is 16.9 Å². The summed E-state index contributed by atoms with van der Waals surface area (Å²) in [6.45, 7) is 3.08. The molecule has 1 aliphatic heterocycles. The Balaban J connectivity index is 1.48. The molecule has 36 heavy (non-hydrogen) atoms. The maximum Gasteiger partial charge on any atom is 0.336 e. The Labute approximate surface area is 206 Å². The summed E-state index contributed by atoms with van der Waals surface area (Å²) in [5.41, 5.74) is 2.62. The summed E-state index contributed by atoms with van der Waals surface area (Å²) < 4.78 is 7.17. The van der Waals surface area contributed by atoms with Gasteiger partial charge in [-0.25, -0.2) is 9.78 Å². The van der Waals surface area contributed by atoms with E-state index >= 15 is 0 Å². The minimum atomic E-state index is -1.18. The molecule has 0 saturated carbocycles. The molecule has 4 aromatic rings. The van der Waals surface area contributed by atoms with Gasteiger partial charge in [-0.05, 0) is 73.0 Å². The van der Waals surface area contributed by atoms with Crippen LogP contribution in [0.1, 0.15) is 45.4 Å². The zero-order valence-electron chi connectivity index (χ0n) is 19.5. The van der Waals surface area contributed by atoms with Gasteiger partial charge in [0, 0.05) is 12.2 Å². The van der Waals surface area contributed by atoms with E-state index in [1.165, 1.54) is 12.1 Å². The van der Waals surface area contributed by atoms with Crippen LogP contribution in [0.5, 0.6) is 5.75 Å². The summed E-state index contributed by atoms with van der Waals surface area (Å²) in [5, 5.41) is 12.5. The van der Waals surface area contributed by atoms with Crippen molar-refractivity contribution in [2.45, 2.75) is 19.9 Å². The highest BCUT2D eigenvalue weighted by Gasteiger charge is 2.22. The molecule has 3 aromatic carbocycles. The third kappa shape index (κ3) is 4.36. The number of nitrogens with zero attached hydrogens (tertiary/aromatic N) is 2. The molecule has 0 saturated heterocycles. The summed E-state index contributed by atoms with van der Waals surface area (Å²) in [4.78, 5) is 42.1. The number of hydrogen-bond donors (Lipinski definition) is 2. The molecular formula is C28H23N3O5. The molecule has 8 heteroatoms. The Morgan fingerprint density at radius 2 is 1.83 bits per heavy atom. The lowest BCUT2D eigenvalue weighted by Gasteiger charge is -2.10. The Bertz CT molecular complexity index is 1590. The average molecular weight is 482 g/mol. The second-order valence-electron chi connectivity index (χ2n) is 8.35. The third-order valence-electron chi connectivity index (χ3n) is 6.04. The van der Waals surface area contributed by atoms with Crippen LogP contribution in [0.4, 0.5) is 5.69 Å². The van der Waals surface area contributed by atoms with E-state index in [1.54, 1.807) is 34.9 Å². The number of nitrogens with one attached hydrogen (secondary N) is 1. The number of hydrogen-bond acceptors (Lipinski definition) is 5. The normalized spacial score (nSPS) is 13.5. The van der Waals surface area contributed by atoms with E-state index in [2.05, 4.69) is 5.32 Å². The molecule has 0 fully saturated rings. The quantitative estimate of drug-likeness (QED) is 0.413. The highest BCUT2D eigenvalue weighted by Crippen LogP contribution is 2.29. The van der Waals surface area contributed by atoms with Gasteiger partial charge in [-0.2, -0.15) is 0 Å². The van der Waals surface area contributed by atoms with Gasteiger partial charge in [-0.3, -0.25) is 14.2 Å². The number of ether oxygens (including phenoxy) is 1. The van der Waals surface area contributed by atoms with Crippen LogP contribution in [0, 0.1) is 0 Å².